The van der Waals surface area contributed by atoms with Gasteiger partial charge in [0.15, 0.2) is 0 Å². The highest BCUT2D eigenvalue weighted by molar-refractivity contribution is 9.10. The van der Waals surface area contributed by atoms with E-state index < -0.39 is 11.6 Å². The SMILES string of the molecule is Cl.Cn1cc(C(O)CNC(=O)C(C)(N)c2ccc(Br)cc2)cn1. The Morgan fingerprint density at radius 1 is 1.48 bits per heavy atom. The number of nitrogens with one attached hydrogen (secondary N) is 1. The van der Waals surface area contributed by atoms with Crippen molar-refractivity contribution in [3.63, 3.8) is 0 Å². The zero-order valence-electron chi connectivity index (χ0n) is 12.9. The van der Waals surface area contributed by atoms with Gasteiger partial charge in [-0.25, -0.2) is 0 Å². The molecule has 0 radical (unpaired) electrons. The molecule has 0 saturated carbocycles. The minimum Gasteiger partial charge on any atom is -0.386 e. The van der Waals surface area contributed by atoms with Gasteiger partial charge in [-0.05, 0) is 24.6 Å². The number of aromatic nitrogens is 2. The number of hydrogen-bond acceptors (Lipinski definition) is 4. The molecular formula is C15H20BrClN4O2. The molecular weight excluding hydrogens is 384 g/mol. The van der Waals surface area contributed by atoms with Gasteiger partial charge in [0, 0.05) is 29.8 Å². The van der Waals surface area contributed by atoms with E-state index in [1.165, 1.54) is 0 Å². The fourth-order valence-electron chi connectivity index (χ4n) is 2.03. The Balaban J connectivity index is 0.00000264. The third kappa shape index (κ3) is 4.78. The van der Waals surface area contributed by atoms with Crippen LogP contribution in [0.15, 0.2) is 41.1 Å². The fraction of sp³-hybridized carbons (Fsp3) is 0.333. The van der Waals surface area contributed by atoms with Gasteiger partial charge in [-0.15, -0.1) is 12.4 Å². The first kappa shape index (κ1) is 19.6. The van der Waals surface area contributed by atoms with E-state index in [0.717, 1.165) is 4.47 Å². The van der Waals surface area contributed by atoms with E-state index in [4.69, 9.17) is 5.73 Å². The molecule has 4 N–H and O–H groups in total. The van der Waals surface area contributed by atoms with E-state index in [1.807, 2.05) is 12.1 Å². The highest BCUT2D eigenvalue weighted by Crippen LogP contribution is 2.21. The van der Waals surface area contributed by atoms with Gasteiger partial charge in [-0.2, -0.15) is 5.10 Å². The number of aliphatic hydroxyl groups is 1. The van der Waals surface area contributed by atoms with Crippen molar-refractivity contribution in [2.45, 2.75) is 18.6 Å². The zero-order chi connectivity index (χ0) is 16.3. The van der Waals surface area contributed by atoms with E-state index in [-0.39, 0.29) is 24.9 Å². The summed E-state index contributed by atoms with van der Waals surface area (Å²) in [5, 5.41) is 16.7. The molecule has 0 aliphatic rings. The van der Waals surface area contributed by atoms with Crippen LogP contribution in [0.25, 0.3) is 0 Å². The second kappa shape index (κ2) is 7.92. The van der Waals surface area contributed by atoms with Gasteiger partial charge >= 0.3 is 0 Å². The molecule has 0 aliphatic carbocycles. The number of nitrogens with two attached hydrogens (primary N) is 1. The van der Waals surface area contributed by atoms with E-state index >= 15 is 0 Å². The summed E-state index contributed by atoms with van der Waals surface area (Å²) in [6.07, 6.45) is 2.44. The fourth-order valence-corrected chi connectivity index (χ4v) is 2.29. The summed E-state index contributed by atoms with van der Waals surface area (Å²) in [5.41, 5.74) is 6.31. The quantitative estimate of drug-likeness (QED) is 0.707. The maximum absolute atomic E-state index is 12.3. The first-order valence-corrected chi connectivity index (χ1v) is 7.60. The molecule has 1 aromatic heterocycles. The van der Waals surface area contributed by atoms with Crippen LogP contribution in [-0.4, -0.2) is 27.3 Å². The first-order valence-electron chi connectivity index (χ1n) is 6.80. The van der Waals surface area contributed by atoms with Gasteiger partial charge in [0.05, 0.1) is 12.3 Å². The summed E-state index contributed by atoms with van der Waals surface area (Å²) in [6, 6.07) is 7.25. The van der Waals surface area contributed by atoms with Crippen molar-refractivity contribution < 1.29 is 9.90 Å². The number of aryl methyl sites for hydroxylation is 1. The molecule has 1 heterocycles. The van der Waals surface area contributed by atoms with E-state index in [2.05, 4.69) is 26.3 Å². The number of rotatable bonds is 5. The van der Waals surface area contributed by atoms with Crippen LogP contribution in [0.1, 0.15) is 24.2 Å². The molecule has 0 bridgehead atoms. The van der Waals surface area contributed by atoms with E-state index in [0.29, 0.717) is 11.1 Å². The molecule has 0 aliphatic heterocycles. The lowest BCUT2D eigenvalue weighted by Gasteiger charge is -2.25. The van der Waals surface area contributed by atoms with Crippen molar-refractivity contribution in [1.82, 2.24) is 15.1 Å². The van der Waals surface area contributed by atoms with Gasteiger partial charge in [0.25, 0.3) is 0 Å². The Morgan fingerprint density at radius 2 is 2.09 bits per heavy atom. The molecule has 2 atom stereocenters. The van der Waals surface area contributed by atoms with Gasteiger partial charge in [0.2, 0.25) is 5.91 Å². The maximum atomic E-state index is 12.3. The number of halogens is 2. The minimum absolute atomic E-state index is 0. The Bertz CT molecular complexity index is 658. The predicted molar refractivity (Wildman–Crippen MR) is 94.1 cm³/mol. The average molecular weight is 404 g/mol. The van der Waals surface area contributed by atoms with Crippen molar-refractivity contribution >= 4 is 34.2 Å². The van der Waals surface area contributed by atoms with Crippen LogP contribution in [0.3, 0.4) is 0 Å². The highest BCUT2D eigenvalue weighted by Gasteiger charge is 2.30. The summed E-state index contributed by atoms with van der Waals surface area (Å²) in [7, 11) is 1.76. The van der Waals surface area contributed by atoms with Crippen LogP contribution < -0.4 is 11.1 Å². The zero-order valence-corrected chi connectivity index (χ0v) is 15.3. The number of hydrogen-bond donors (Lipinski definition) is 3. The van der Waals surface area contributed by atoms with Crippen molar-refractivity contribution in [2.75, 3.05) is 6.54 Å². The topological polar surface area (TPSA) is 93.2 Å². The molecule has 0 spiro atoms. The molecule has 2 aromatic rings. The second-order valence-electron chi connectivity index (χ2n) is 5.38. The largest absolute Gasteiger partial charge is 0.386 e. The second-order valence-corrected chi connectivity index (χ2v) is 6.30. The molecule has 1 amide bonds. The number of aliphatic hydroxyl groups excluding tert-OH is 1. The normalized spacial score (nSPS) is 14.5. The van der Waals surface area contributed by atoms with Gasteiger partial charge in [-0.3, -0.25) is 9.48 Å². The number of amides is 1. The minimum atomic E-state index is -1.17. The maximum Gasteiger partial charge on any atom is 0.244 e. The van der Waals surface area contributed by atoms with Gasteiger partial charge < -0.3 is 16.2 Å². The Hall–Kier alpha value is -1.41. The Morgan fingerprint density at radius 3 is 2.61 bits per heavy atom. The number of carbonyl (C=O) groups excluding carboxylic acids is 1. The predicted octanol–water partition coefficient (Wildman–Crippen LogP) is 1.63. The molecule has 2 unspecified atom stereocenters. The molecule has 1 aromatic carbocycles. The smallest absolute Gasteiger partial charge is 0.244 e. The molecule has 2 rings (SSSR count). The van der Waals surface area contributed by atoms with Crippen LogP contribution in [0.4, 0.5) is 0 Å². The third-order valence-electron chi connectivity index (χ3n) is 3.48. The van der Waals surface area contributed by atoms with Gasteiger partial charge in [0.1, 0.15) is 5.54 Å². The van der Waals surface area contributed by atoms with Crippen LogP contribution in [0.5, 0.6) is 0 Å². The summed E-state index contributed by atoms with van der Waals surface area (Å²) < 4.78 is 2.51. The molecule has 0 saturated heterocycles. The van der Waals surface area contributed by atoms with Crippen molar-refractivity contribution in [1.29, 1.82) is 0 Å². The highest BCUT2D eigenvalue weighted by atomic mass is 79.9. The van der Waals surface area contributed by atoms with Crippen molar-refractivity contribution in [3.05, 3.63) is 52.3 Å². The molecule has 6 nitrogen and oxygen atoms in total. The van der Waals surface area contributed by atoms with Crippen LogP contribution in [-0.2, 0) is 17.4 Å². The Kier molecular flexibility index (Phi) is 6.76. The summed E-state index contributed by atoms with van der Waals surface area (Å²) in [6.45, 7) is 1.72. The number of nitrogens with zero attached hydrogens (tertiary/aromatic N) is 2. The van der Waals surface area contributed by atoms with E-state index in [1.54, 1.807) is 43.2 Å². The third-order valence-corrected chi connectivity index (χ3v) is 4.01. The average Bonchev–Trinajstić information content (AvgIpc) is 2.91. The monoisotopic (exact) mass is 402 g/mol. The number of benzene rings is 1. The summed E-state index contributed by atoms with van der Waals surface area (Å²) in [4.78, 5) is 12.3. The van der Waals surface area contributed by atoms with Crippen molar-refractivity contribution in [2.24, 2.45) is 12.8 Å². The summed E-state index contributed by atoms with van der Waals surface area (Å²) >= 11 is 3.34. The lowest BCUT2D eigenvalue weighted by Crippen LogP contribution is -2.49. The lowest BCUT2D eigenvalue weighted by atomic mass is 9.92. The van der Waals surface area contributed by atoms with Crippen LogP contribution in [0.2, 0.25) is 0 Å². The van der Waals surface area contributed by atoms with Crippen LogP contribution in [0, 0.1) is 0 Å². The standard InChI is InChI=1S/C15H19BrN4O2.ClH/c1-15(17,11-3-5-12(16)6-4-11)14(22)18-8-13(21)10-7-19-20(2)9-10;/h3-7,9,13,21H,8,17H2,1-2H3,(H,18,22);1H. The molecule has 8 heteroatoms. The first-order chi connectivity index (χ1) is 10.3. The molecule has 126 valence electrons. The molecule has 23 heavy (non-hydrogen) atoms. The van der Waals surface area contributed by atoms with E-state index in [9.17, 15) is 9.90 Å². The van der Waals surface area contributed by atoms with Crippen LogP contribution >= 0.6 is 28.3 Å². The number of carbonyl (C=O) groups is 1. The lowest BCUT2D eigenvalue weighted by molar-refractivity contribution is -0.126. The van der Waals surface area contributed by atoms with Gasteiger partial charge in [-0.1, -0.05) is 28.1 Å². The van der Waals surface area contributed by atoms with Crippen molar-refractivity contribution in [3.8, 4) is 0 Å². The Labute approximate surface area is 149 Å². The molecule has 0 fully saturated rings. The summed E-state index contributed by atoms with van der Waals surface area (Å²) in [5.74, 6) is -0.349.